The van der Waals surface area contributed by atoms with Gasteiger partial charge in [0.2, 0.25) is 0 Å². The summed E-state index contributed by atoms with van der Waals surface area (Å²) in [6.07, 6.45) is 1.65. The minimum atomic E-state index is -0.0162. The summed E-state index contributed by atoms with van der Waals surface area (Å²) in [4.78, 5) is 0. The average molecular weight is 153 g/mol. The molecule has 0 aromatic carbocycles. The van der Waals surface area contributed by atoms with Gasteiger partial charge >= 0.3 is 0 Å². The zero-order valence-corrected chi connectivity index (χ0v) is 7.29. The van der Waals surface area contributed by atoms with Crippen molar-refractivity contribution in [2.24, 2.45) is 11.1 Å². The summed E-state index contributed by atoms with van der Waals surface area (Å²) in [6.45, 7) is 6.29. The van der Waals surface area contributed by atoms with Gasteiger partial charge in [-0.1, -0.05) is 20.8 Å². The summed E-state index contributed by atoms with van der Waals surface area (Å²) in [6, 6.07) is 3.76. The second-order valence-electron chi connectivity index (χ2n) is 3.86. The maximum Gasteiger partial charge on any atom is 0.120 e. The number of hydrogen-bond donors (Lipinski definition) is 1. The molecule has 62 valence electrons. The van der Waals surface area contributed by atoms with Crippen LogP contribution in [0.1, 0.15) is 32.6 Å². The Balaban J connectivity index is 2.78. The zero-order chi connectivity index (χ0) is 8.48. The van der Waals surface area contributed by atoms with Crippen molar-refractivity contribution < 1.29 is 4.42 Å². The third-order valence-electron chi connectivity index (χ3n) is 1.78. The van der Waals surface area contributed by atoms with Crippen molar-refractivity contribution in [1.82, 2.24) is 0 Å². The highest BCUT2D eigenvalue weighted by atomic mass is 16.3. The molecule has 0 aliphatic heterocycles. The van der Waals surface area contributed by atoms with Gasteiger partial charge in [-0.2, -0.15) is 0 Å². The predicted octanol–water partition coefficient (Wildman–Crippen LogP) is 2.33. The number of hydrogen-bond acceptors (Lipinski definition) is 2. The molecule has 11 heavy (non-hydrogen) atoms. The summed E-state index contributed by atoms with van der Waals surface area (Å²) in [5, 5.41) is 0. The van der Waals surface area contributed by atoms with Crippen molar-refractivity contribution in [3.05, 3.63) is 24.2 Å². The molecular weight excluding hydrogens is 138 g/mol. The van der Waals surface area contributed by atoms with Gasteiger partial charge < -0.3 is 10.2 Å². The fourth-order valence-electron chi connectivity index (χ4n) is 0.895. The second-order valence-corrected chi connectivity index (χ2v) is 3.86. The predicted molar refractivity (Wildman–Crippen MR) is 45.1 cm³/mol. The van der Waals surface area contributed by atoms with Crippen LogP contribution in [0, 0.1) is 5.41 Å². The van der Waals surface area contributed by atoms with Crippen LogP contribution in [-0.4, -0.2) is 0 Å². The van der Waals surface area contributed by atoms with Crippen LogP contribution in [0.15, 0.2) is 22.8 Å². The number of rotatable bonds is 1. The van der Waals surface area contributed by atoms with E-state index in [9.17, 15) is 0 Å². The molecule has 1 aromatic rings. The van der Waals surface area contributed by atoms with Gasteiger partial charge in [-0.25, -0.2) is 0 Å². The van der Waals surface area contributed by atoms with Crippen LogP contribution in [-0.2, 0) is 0 Å². The van der Waals surface area contributed by atoms with E-state index in [0.29, 0.717) is 0 Å². The largest absolute Gasteiger partial charge is 0.468 e. The molecule has 0 saturated carbocycles. The Bertz CT molecular complexity index is 208. The average Bonchev–Trinajstić information content (AvgIpc) is 2.34. The molecule has 0 fully saturated rings. The molecule has 0 aliphatic carbocycles. The first-order valence-corrected chi connectivity index (χ1v) is 3.81. The summed E-state index contributed by atoms with van der Waals surface area (Å²) < 4.78 is 5.20. The van der Waals surface area contributed by atoms with Gasteiger partial charge in [0, 0.05) is 0 Å². The first-order valence-electron chi connectivity index (χ1n) is 3.81. The third-order valence-corrected chi connectivity index (χ3v) is 1.78. The lowest BCUT2D eigenvalue weighted by Crippen LogP contribution is -2.25. The van der Waals surface area contributed by atoms with Crippen molar-refractivity contribution in [3.63, 3.8) is 0 Å². The van der Waals surface area contributed by atoms with Crippen LogP contribution in [0.2, 0.25) is 0 Å². The van der Waals surface area contributed by atoms with Crippen molar-refractivity contribution in [1.29, 1.82) is 0 Å². The second kappa shape index (κ2) is 2.70. The van der Waals surface area contributed by atoms with Crippen LogP contribution in [0.4, 0.5) is 0 Å². The molecule has 0 amide bonds. The van der Waals surface area contributed by atoms with Gasteiger partial charge in [0.15, 0.2) is 0 Å². The van der Waals surface area contributed by atoms with E-state index in [-0.39, 0.29) is 11.5 Å². The fraction of sp³-hybridized carbons (Fsp3) is 0.556. The highest BCUT2D eigenvalue weighted by Crippen LogP contribution is 2.30. The first-order chi connectivity index (χ1) is 5.02. The van der Waals surface area contributed by atoms with Crippen LogP contribution in [0.3, 0.4) is 0 Å². The van der Waals surface area contributed by atoms with Gasteiger partial charge in [-0.15, -0.1) is 0 Å². The Morgan fingerprint density at radius 2 is 2.09 bits per heavy atom. The molecule has 2 nitrogen and oxygen atoms in total. The molecule has 2 N–H and O–H groups in total. The van der Waals surface area contributed by atoms with Crippen molar-refractivity contribution in [3.8, 4) is 0 Å². The fourth-order valence-corrected chi connectivity index (χ4v) is 0.895. The van der Waals surface area contributed by atoms with Crippen LogP contribution in [0.5, 0.6) is 0 Å². The van der Waals surface area contributed by atoms with Crippen LogP contribution >= 0.6 is 0 Å². The van der Waals surface area contributed by atoms with Crippen molar-refractivity contribution in [2.75, 3.05) is 0 Å². The molecule has 0 aliphatic rings. The molecule has 0 spiro atoms. The maximum atomic E-state index is 5.92. The zero-order valence-electron chi connectivity index (χ0n) is 7.29. The van der Waals surface area contributed by atoms with Crippen LogP contribution < -0.4 is 5.73 Å². The quantitative estimate of drug-likeness (QED) is 0.672. The van der Waals surface area contributed by atoms with Gasteiger partial charge in [-0.3, -0.25) is 0 Å². The van der Waals surface area contributed by atoms with Gasteiger partial charge in [0.25, 0.3) is 0 Å². The van der Waals surface area contributed by atoms with Gasteiger partial charge in [0.1, 0.15) is 5.76 Å². The standard InChI is InChI=1S/C9H15NO/c1-9(2,3)8(10)7-5-4-6-11-7/h4-6,8H,10H2,1-3H3/t8-/m0/s1. The van der Waals surface area contributed by atoms with E-state index in [0.717, 1.165) is 5.76 Å². The third kappa shape index (κ3) is 1.84. The minimum absolute atomic E-state index is 0.0162. The van der Waals surface area contributed by atoms with Gasteiger partial charge in [0.05, 0.1) is 12.3 Å². The van der Waals surface area contributed by atoms with E-state index in [2.05, 4.69) is 20.8 Å². The summed E-state index contributed by atoms with van der Waals surface area (Å²) in [5.74, 6) is 0.859. The Kier molecular flexibility index (Phi) is 2.05. The van der Waals surface area contributed by atoms with Gasteiger partial charge in [-0.05, 0) is 17.5 Å². The van der Waals surface area contributed by atoms with E-state index in [1.807, 2.05) is 12.1 Å². The maximum absolute atomic E-state index is 5.92. The Labute approximate surface area is 67.4 Å². The van der Waals surface area contributed by atoms with Crippen molar-refractivity contribution in [2.45, 2.75) is 26.8 Å². The van der Waals surface area contributed by atoms with E-state index in [1.165, 1.54) is 0 Å². The van der Waals surface area contributed by atoms with Crippen LogP contribution in [0.25, 0.3) is 0 Å². The monoisotopic (exact) mass is 153 g/mol. The molecule has 2 heteroatoms. The lowest BCUT2D eigenvalue weighted by molar-refractivity contribution is 0.285. The lowest BCUT2D eigenvalue weighted by atomic mass is 9.86. The summed E-state index contributed by atoms with van der Waals surface area (Å²) in [7, 11) is 0. The van der Waals surface area contributed by atoms with E-state index < -0.39 is 0 Å². The molecule has 1 atom stereocenters. The normalized spacial score (nSPS) is 14.9. The highest BCUT2D eigenvalue weighted by Gasteiger charge is 2.23. The molecule has 1 aromatic heterocycles. The smallest absolute Gasteiger partial charge is 0.120 e. The summed E-state index contributed by atoms with van der Waals surface area (Å²) in [5.41, 5.74) is 5.99. The molecule has 1 rings (SSSR count). The molecule has 0 unspecified atom stereocenters. The Morgan fingerprint density at radius 1 is 1.45 bits per heavy atom. The van der Waals surface area contributed by atoms with E-state index in [4.69, 9.17) is 10.2 Å². The lowest BCUT2D eigenvalue weighted by Gasteiger charge is -2.24. The first kappa shape index (κ1) is 8.34. The highest BCUT2D eigenvalue weighted by molar-refractivity contribution is 5.06. The topological polar surface area (TPSA) is 39.2 Å². The minimum Gasteiger partial charge on any atom is -0.468 e. The molecular formula is C9H15NO. The molecule has 0 radical (unpaired) electrons. The summed E-state index contributed by atoms with van der Waals surface area (Å²) >= 11 is 0. The van der Waals surface area contributed by atoms with Crippen molar-refractivity contribution >= 4 is 0 Å². The number of nitrogens with two attached hydrogens (primary N) is 1. The molecule has 0 bridgehead atoms. The molecule has 1 heterocycles. The van der Waals surface area contributed by atoms with E-state index in [1.54, 1.807) is 6.26 Å². The SMILES string of the molecule is CC(C)(C)[C@@H](N)c1ccco1. The van der Waals surface area contributed by atoms with E-state index >= 15 is 0 Å². The Hall–Kier alpha value is -0.760. The molecule has 0 saturated heterocycles. The Morgan fingerprint density at radius 3 is 2.45 bits per heavy atom. The number of furan rings is 1.